The van der Waals surface area contributed by atoms with Crippen molar-refractivity contribution in [2.75, 3.05) is 13.7 Å². The first-order valence-corrected chi connectivity index (χ1v) is 20.3. The normalized spacial score (nSPS) is 26.9. The van der Waals surface area contributed by atoms with Crippen LogP contribution in [0.2, 0.25) is 0 Å². The molecule has 13 heteroatoms. The molecule has 3 aliphatic carbocycles. The molecule has 0 saturated carbocycles. The van der Waals surface area contributed by atoms with Gasteiger partial charge in [-0.05, 0) is 69.6 Å². The number of benzene rings is 2. The summed E-state index contributed by atoms with van der Waals surface area (Å²) in [5.41, 5.74) is 0.672. The second-order valence-corrected chi connectivity index (χ2v) is 17.0. The van der Waals surface area contributed by atoms with Gasteiger partial charge in [0.1, 0.15) is 35.6 Å². The summed E-state index contributed by atoms with van der Waals surface area (Å²) in [6.07, 6.45) is 8.72. The molecule has 320 valence electrons. The SMILES string of the molecule is COc1cccc2c1C(=O)c1c(O)c3c(c(O)c1C2=O)CC(O)(C(=O)CO)CC3OC1CC(NC(=O)C=C(C)C=CC=C(C)C=CC2=C(C)CCCC2(C)C)C(O)C(C)O1. The minimum Gasteiger partial charge on any atom is -0.507 e. The fraction of sp³-hybridized carbons (Fsp3) is 0.447. The Hall–Kier alpha value is -5.18. The zero-order valence-corrected chi connectivity index (χ0v) is 35.1. The predicted octanol–water partition coefficient (Wildman–Crippen LogP) is 5.69. The third kappa shape index (κ3) is 8.55. The average Bonchev–Trinajstić information content (AvgIpc) is 3.18. The lowest BCUT2D eigenvalue weighted by molar-refractivity contribution is -0.249. The van der Waals surface area contributed by atoms with Crippen LogP contribution in [0, 0.1) is 5.41 Å². The minimum absolute atomic E-state index is 0.0723. The lowest BCUT2D eigenvalue weighted by Gasteiger charge is -2.42. The Labute approximate surface area is 349 Å². The van der Waals surface area contributed by atoms with Crippen molar-refractivity contribution >= 4 is 23.3 Å². The van der Waals surface area contributed by atoms with E-state index in [2.05, 4.69) is 38.2 Å². The summed E-state index contributed by atoms with van der Waals surface area (Å²) in [6.45, 7) is 11.0. The topological polar surface area (TPSA) is 209 Å². The van der Waals surface area contributed by atoms with E-state index in [1.807, 2.05) is 19.1 Å². The fourth-order valence-electron chi connectivity index (χ4n) is 8.97. The number of hydrogen-bond acceptors (Lipinski definition) is 12. The van der Waals surface area contributed by atoms with Crippen molar-refractivity contribution in [3.05, 3.63) is 110 Å². The Kier molecular flexibility index (Phi) is 12.9. The van der Waals surface area contributed by atoms with E-state index in [0.29, 0.717) is 5.57 Å². The van der Waals surface area contributed by atoms with Gasteiger partial charge in [0, 0.05) is 42.0 Å². The number of ether oxygens (including phenoxy) is 3. The smallest absolute Gasteiger partial charge is 0.244 e. The maximum atomic E-state index is 14.0. The molecule has 13 nitrogen and oxygen atoms in total. The number of rotatable bonds is 11. The highest BCUT2D eigenvalue weighted by Gasteiger charge is 2.50. The van der Waals surface area contributed by atoms with Gasteiger partial charge in [0.15, 0.2) is 17.9 Å². The number of Topliss-reactive ketones (excluding diaryl/α,β-unsaturated/α-hetero) is 1. The van der Waals surface area contributed by atoms with Crippen LogP contribution in [-0.4, -0.2) is 92.6 Å². The number of phenols is 2. The van der Waals surface area contributed by atoms with Crippen LogP contribution in [0.25, 0.3) is 0 Å². The summed E-state index contributed by atoms with van der Waals surface area (Å²) in [5, 5.41) is 58.7. The van der Waals surface area contributed by atoms with Gasteiger partial charge in [-0.2, -0.15) is 0 Å². The highest BCUT2D eigenvalue weighted by Crippen LogP contribution is 2.52. The van der Waals surface area contributed by atoms with Gasteiger partial charge in [0.2, 0.25) is 11.7 Å². The second-order valence-electron chi connectivity index (χ2n) is 17.0. The second kappa shape index (κ2) is 17.4. The van der Waals surface area contributed by atoms with Crippen LogP contribution in [0.15, 0.2) is 76.9 Å². The van der Waals surface area contributed by atoms with Gasteiger partial charge in [-0.15, -0.1) is 0 Å². The molecule has 0 radical (unpaired) electrons. The largest absolute Gasteiger partial charge is 0.507 e. The predicted molar refractivity (Wildman–Crippen MR) is 222 cm³/mol. The van der Waals surface area contributed by atoms with Crippen LogP contribution >= 0.6 is 0 Å². The van der Waals surface area contributed by atoms with Crippen molar-refractivity contribution in [2.24, 2.45) is 5.41 Å². The molecule has 0 bridgehead atoms. The Bertz CT molecular complexity index is 2260. The molecule has 6 rings (SSSR count). The van der Waals surface area contributed by atoms with Gasteiger partial charge < -0.3 is 45.1 Å². The molecule has 1 fully saturated rings. The molecule has 1 aliphatic heterocycles. The van der Waals surface area contributed by atoms with E-state index in [9.17, 15) is 44.7 Å². The fourth-order valence-corrected chi connectivity index (χ4v) is 8.97. The van der Waals surface area contributed by atoms with Crippen LogP contribution in [0.1, 0.15) is 123 Å². The highest BCUT2D eigenvalue weighted by atomic mass is 16.7. The number of aliphatic hydroxyl groups excluding tert-OH is 2. The van der Waals surface area contributed by atoms with Crippen LogP contribution in [-0.2, 0) is 25.5 Å². The number of carbonyl (C=O) groups is 4. The first-order valence-electron chi connectivity index (χ1n) is 20.3. The number of phenolic OH excluding ortho intramolecular Hbond substituents is 2. The molecular formula is C47H55NO12. The number of hydrogen-bond donors (Lipinski definition) is 6. The van der Waals surface area contributed by atoms with Gasteiger partial charge in [-0.1, -0.05) is 67.5 Å². The maximum Gasteiger partial charge on any atom is 0.244 e. The summed E-state index contributed by atoms with van der Waals surface area (Å²) >= 11 is 0. The van der Waals surface area contributed by atoms with Crippen molar-refractivity contribution in [1.29, 1.82) is 0 Å². The number of nitrogens with one attached hydrogen (secondary N) is 1. The van der Waals surface area contributed by atoms with Crippen molar-refractivity contribution in [2.45, 2.75) is 116 Å². The number of fused-ring (bicyclic) bond motifs is 3. The molecule has 4 aliphatic rings. The van der Waals surface area contributed by atoms with Gasteiger partial charge in [0.05, 0.1) is 42.0 Å². The van der Waals surface area contributed by atoms with Crippen molar-refractivity contribution in [1.82, 2.24) is 5.32 Å². The molecule has 1 amide bonds. The van der Waals surface area contributed by atoms with Crippen LogP contribution in [0.4, 0.5) is 0 Å². The van der Waals surface area contributed by atoms with E-state index in [0.717, 1.165) is 18.4 Å². The monoisotopic (exact) mass is 825 g/mol. The summed E-state index contributed by atoms with van der Waals surface area (Å²) in [7, 11) is 1.32. The zero-order valence-electron chi connectivity index (χ0n) is 35.1. The van der Waals surface area contributed by atoms with Crippen LogP contribution < -0.4 is 10.1 Å². The third-order valence-corrected chi connectivity index (χ3v) is 12.2. The Morgan fingerprint density at radius 2 is 1.75 bits per heavy atom. The van der Waals surface area contributed by atoms with E-state index in [1.54, 1.807) is 19.9 Å². The summed E-state index contributed by atoms with van der Waals surface area (Å²) in [5.74, 6) is -4.48. The van der Waals surface area contributed by atoms with E-state index >= 15 is 0 Å². The number of carbonyl (C=O) groups excluding carboxylic acids is 4. The molecule has 2 aromatic carbocycles. The number of amides is 1. The maximum absolute atomic E-state index is 14.0. The Morgan fingerprint density at radius 1 is 1.03 bits per heavy atom. The van der Waals surface area contributed by atoms with Crippen molar-refractivity contribution < 1.29 is 58.9 Å². The summed E-state index contributed by atoms with van der Waals surface area (Å²) in [6, 6.07) is 3.45. The van der Waals surface area contributed by atoms with Gasteiger partial charge in [0.25, 0.3) is 0 Å². The molecule has 2 aromatic rings. The van der Waals surface area contributed by atoms with Crippen molar-refractivity contribution in [3.63, 3.8) is 0 Å². The van der Waals surface area contributed by atoms with Crippen LogP contribution in [0.5, 0.6) is 17.2 Å². The molecule has 0 aromatic heterocycles. The zero-order chi connectivity index (χ0) is 43.8. The number of aromatic hydroxyl groups is 2. The van der Waals surface area contributed by atoms with E-state index in [-0.39, 0.29) is 39.8 Å². The first kappa shape index (κ1) is 44.4. The molecule has 0 spiro atoms. The van der Waals surface area contributed by atoms with Gasteiger partial charge >= 0.3 is 0 Å². The quantitative estimate of drug-likeness (QED) is 0.0783. The lowest BCUT2D eigenvalue weighted by atomic mass is 9.72. The number of methoxy groups -OCH3 is 1. The van der Waals surface area contributed by atoms with Crippen LogP contribution in [0.3, 0.4) is 0 Å². The minimum atomic E-state index is -2.33. The number of allylic oxidation sites excluding steroid dienone is 9. The van der Waals surface area contributed by atoms with Gasteiger partial charge in [-0.3, -0.25) is 19.2 Å². The van der Waals surface area contributed by atoms with E-state index in [1.165, 1.54) is 49.0 Å². The molecule has 6 N–H and O–H groups in total. The average molecular weight is 826 g/mol. The number of aliphatic hydroxyl groups is 3. The van der Waals surface area contributed by atoms with E-state index < -0.39 is 102 Å². The summed E-state index contributed by atoms with van der Waals surface area (Å²) in [4.78, 5) is 54.0. The third-order valence-electron chi connectivity index (χ3n) is 12.2. The Balaban J connectivity index is 1.22. The molecule has 6 unspecified atom stereocenters. The van der Waals surface area contributed by atoms with Crippen molar-refractivity contribution in [3.8, 4) is 17.2 Å². The van der Waals surface area contributed by atoms with Gasteiger partial charge in [-0.25, -0.2) is 0 Å². The molecule has 1 saturated heterocycles. The molecule has 60 heavy (non-hydrogen) atoms. The van der Waals surface area contributed by atoms with E-state index in [4.69, 9.17) is 14.2 Å². The number of ketones is 3. The molecular weight excluding hydrogens is 771 g/mol. The lowest BCUT2D eigenvalue weighted by Crippen LogP contribution is -2.55. The highest BCUT2D eigenvalue weighted by molar-refractivity contribution is 6.31. The first-order chi connectivity index (χ1) is 28.3. The Morgan fingerprint density at radius 3 is 2.43 bits per heavy atom. The molecule has 6 atom stereocenters. The standard InChI is InChI=1S/C47H55NO12/c1-24(16-17-30-26(3)13-10-18-46(30,5)6)11-8-12-25(2)19-35(51)48-31-20-36(59-27(4)41(31)52)60-33-22-47(57,34(50)23-49)21-29-38(33)45(56)40-39(43(29)54)42(53)28-14-9-15-32(58-7)37(28)44(40)55/h8-9,11-12,14-17,19,27,31,33,36,41,49,52,54,56-57H,10,13,18,20-23H2,1-7H3,(H,48,51). The summed E-state index contributed by atoms with van der Waals surface area (Å²) < 4.78 is 17.6. The molecule has 1 heterocycles.